The Morgan fingerprint density at radius 1 is 1.42 bits per heavy atom. The molecule has 3 saturated heterocycles. The van der Waals surface area contributed by atoms with E-state index in [9.17, 15) is 18.4 Å². The molecule has 0 aromatic heterocycles. The number of benzene rings is 1. The highest BCUT2D eigenvalue weighted by Gasteiger charge is 2.82. The van der Waals surface area contributed by atoms with Crippen LogP contribution in [0, 0.1) is 23.5 Å². The zero-order chi connectivity index (χ0) is 18.2. The summed E-state index contributed by atoms with van der Waals surface area (Å²) in [4.78, 5) is 24.2. The predicted molar refractivity (Wildman–Crippen MR) is 84.2 cm³/mol. The second-order valence-electron chi connectivity index (χ2n) is 7.21. The van der Waals surface area contributed by atoms with E-state index in [-0.39, 0.29) is 48.3 Å². The Bertz CT molecular complexity index is 805. The lowest BCUT2D eigenvalue weighted by atomic mass is 9.96. The van der Waals surface area contributed by atoms with Gasteiger partial charge in [0.25, 0.3) is 0 Å². The van der Waals surface area contributed by atoms with Crippen LogP contribution in [0.1, 0.15) is 12.5 Å². The van der Waals surface area contributed by atoms with Crippen molar-refractivity contribution in [2.45, 2.75) is 24.9 Å². The zero-order valence-electron chi connectivity index (χ0n) is 13.9. The van der Waals surface area contributed by atoms with E-state index >= 15 is 0 Å². The largest absolute Gasteiger partial charge is 0.442 e. The number of cyclic esters (lactones) is 1. The van der Waals surface area contributed by atoms with Gasteiger partial charge in [0.15, 0.2) is 0 Å². The summed E-state index contributed by atoms with van der Waals surface area (Å²) in [5.74, 6) is -1.46. The molecule has 0 spiro atoms. The van der Waals surface area contributed by atoms with Gasteiger partial charge in [-0.05, 0) is 12.1 Å². The third kappa shape index (κ3) is 1.98. The molecular weight excluding hydrogens is 348 g/mol. The Labute approximate surface area is 147 Å². The normalized spacial score (nSPS) is 36.4. The minimum Gasteiger partial charge on any atom is -0.442 e. The Morgan fingerprint density at radius 3 is 2.73 bits per heavy atom. The van der Waals surface area contributed by atoms with Gasteiger partial charge >= 0.3 is 6.09 Å². The van der Waals surface area contributed by atoms with E-state index in [0.29, 0.717) is 6.54 Å². The molecular formula is C17H17F2N3O4. The number of halogens is 2. The highest BCUT2D eigenvalue weighted by Crippen LogP contribution is 2.73. The molecule has 3 aliphatic heterocycles. The molecule has 1 aliphatic carbocycles. The van der Waals surface area contributed by atoms with Crippen LogP contribution in [0.25, 0.3) is 0 Å². The van der Waals surface area contributed by atoms with Crippen LogP contribution in [0.5, 0.6) is 0 Å². The van der Waals surface area contributed by atoms with Gasteiger partial charge in [-0.2, -0.15) is 0 Å². The van der Waals surface area contributed by atoms with Crippen LogP contribution < -0.4 is 15.5 Å². The van der Waals surface area contributed by atoms with Gasteiger partial charge < -0.3 is 14.8 Å². The molecule has 1 aromatic rings. The van der Waals surface area contributed by atoms with Crippen LogP contribution in [0.4, 0.5) is 19.3 Å². The van der Waals surface area contributed by atoms with E-state index in [1.165, 1.54) is 11.8 Å². The number of nitrogens with zero attached hydrogens (tertiary/aromatic N) is 1. The van der Waals surface area contributed by atoms with E-state index in [1.807, 2.05) is 0 Å². The Morgan fingerprint density at radius 2 is 2.15 bits per heavy atom. The zero-order valence-corrected chi connectivity index (χ0v) is 13.9. The molecule has 4 aliphatic rings. The van der Waals surface area contributed by atoms with Crippen LogP contribution >= 0.6 is 0 Å². The summed E-state index contributed by atoms with van der Waals surface area (Å²) in [7, 11) is 0. The lowest BCUT2D eigenvalue weighted by molar-refractivity contribution is -0.167. The quantitative estimate of drug-likeness (QED) is 0.826. The van der Waals surface area contributed by atoms with Crippen LogP contribution in [-0.4, -0.2) is 44.0 Å². The number of amides is 2. The summed E-state index contributed by atoms with van der Waals surface area (Å²) in [6, 6.07) is 2.29. The van der Waals surface area contributed by atoms with Crippen molar-refractivity contribution in [1.29, 1.82) is 0 Å². The molecule has 1 unspecified atom stereocenters. The lowest BCUT2D eigenvalue weighted by Gasteiger charge is -2.38. The molecule has 0 radical (unpaired) electrons. The Kier molecular flexibility index (Phi) is 3.15. The predicted octanol–water partition coefficient (Wildman–Crippen LogP) is 0.827. The number of carbonyl (C=O) groups is 2. The van der Waals surface area contributed by atoms with Crippen molar-refractivity contribution in [3.05, 3.63) is 29.3 Å². The first-order valence-corrected chi connectivity index (χ1v) is 8.55. The number of fused-ring (bicyclic) bond motifs is 1. The molecule has 5 rings (SSSR count). The highest BCUT2D eigenvalue weighted by atomic mass is 19.1. The summed E-state index contributed by atoms with van der Waals surface area (Å²) in [6.45, 7) is 2.30. The van der Waals surface area contributed by atoms with Gasteiger partial charge in [0.05, 0.1) is 24.3 Å². The number of hydrogen-bond donors (Lipinski definition) is 2. The van der Waals surface area contributed by atoms with Crippen LogP contribution in [-0.2, 0) is 19.9 Å². The highest BCUT2D eigenvalue weighted by molar-refractivity contribution is 5.90. The van der Waals surface area contributed by atoms with Crippen molar-refractivity contribution < 1.29 is 27.8 Å². The standard InChI is InChI=1S/C17H17F2N3O4/c1-7(23)20-4-9-6-22(16(24)25-9)8-2-11(18)14(12(19)3-8)17-10-5-21-15(26-17)13(10)17/h2-3,9-10,13,15,21H,4-6H2,1H3,(H,20,23)/t9-,10-,13+,15?,17+/m0/s1. The van der Waals surface area contributed by atoms with Crippen LogP contribution in [0.3, 0.4) is 0 Å². The molecule has 138 valence electrons. The molecule has 26 heavy (non-hydrogen) atoms. The van der Waals surface area contributed by atoms with Crippen molar-refractivity contribution in [3.8, 4) is 0 Å². The number of piperidine rings is 1. The fraction of sp³-hybridized carbons (Fsp3) is 0.529. The average Bonchev–Trinajstić information content (AvgIpc) is 2.87. The molecule has 4 fully saturated rings. The monoisotopic (exact) mass is 365 g/mol. The van der Waals surface area contributed by atoms with Gasteiger partial charge in [0.1, 0.15) is 29.6 Å². The van der Waals surface area contributed by atoms with Gasteiger partial charge in [-0.25, -0.2) is 13.6 Å². The van der Waals surface area contributed by atoms with Gasteiger partial charge in [-0.15, -0.1) is 0 Å². The SMILES string of the molecule is CC(=O)NC[C@H]1CN(c2cc(F)c([C@@]34OC5NC[C@H]3[C@H]54)c(F)c2)C(=O)O1. The molecule has 1 aromatic carbocycles. The first-order chi connectivity index (χ1) is 12.4. The average molecular weight is 365 g/mol. The third-order valence-corrected chi connectivity index (χ3v) is 5.74. The Balaban J connectivity index is 1.38. The van der Waals surface area contributed by atoms with E-state index in [4.69, 9.17) is 9.47 Å². The molecule has 9 heteroatoms. The number of carbonyl (C=O) groups excluding carboxylic acids is 2. The van der Waals surface area contributed by atoms with E-state index < -0.39 is 29.4 Å². The summed E-state index contributed by atoms with van der Waals surface area (Å²) in [5.41, 5.74) is -0.797. The lowest BCUT2D eigenvalue weighted by Crippen LogP contribution is -2.50. The maximum atomic E-state index is 14.7. The second kappa shape index (κ2) is 5.14. The summed E-state index contributed by atoms with van der Waals surface area (Å²) >= 11 is 0. The number of anilines is 1. The van der Waals surface area contributed by atoms with Crippen LogP contribution in [0.2, 0.25) is 0 Å². The molecule has 2 N–H and O–H groups in total. The topological polar surface area (TPSA) is 79.9 Å². The fourth-order valence-electron chi connectivity index (χ4n) is 4.56. The summed E-state index contributed by atoms with van der Waals surface area (Å²) in [5, 5.41) is 5.69. The first kappa shape index (κ1) is 16.0. The van der Waals surface area contributed by atoms with Gasteiger partial charge in [0, 0.05) is 25.3 Å². The third-order valence-electron chi connectivity index (χ3n) is 5.74. The molecule has 1 saturated carbocycles. The smallest absolute Gasteiger partial charge is 0.414 e. The molecule has 2 amide bonds. The van der Waals surface area contributed by atoms with E-state index in [1.54, 1.807) is 0 Å². The summed E-state index contributed by atoms with van der Waals surface area (Å²) < 4.78 is 40.3. The van der Waals surface area contributed by atoms with Gasteiger partial charge in [-0.3, -0.25) is 15.0 Å². The number of nitrogens with one attached hydrogen (secondary N) is 2. The van der Waals surface area contributed by atoms with E-state index in [2.05, 4.69) is 10.6 Å². The van der Waals surface area contributed by atoms with Gasteiger partial charge in [-0.1, -0.05) is 0 Å². The van der Waals surface area contributed by atoms with E-state index in [0.717, 1.165) is 12.1 Å². The minimum atomic E-state index is -0.845. The molecule has 3 heterocycles. The van der Waals surface area contributed by atoms with Crippen molar-refractivity contribution >= 4 is 17.7 Å². The number of rotatable bonds is 4. The van der Waals surface area contributed by atoms with Crippen molar-refractivity contribution in [3.63, 3.8) is 0 Å². The summed E-state index contributed by atoms with van der Waals surface area (Å²) in [6.07, 6.45) is -1.38. The number of ether oxygens (including phenoxy) is 2. The first-order valence-electron chi connectivity index (χ1n) is 8.55. The molecule has 5 atom stereocenters. The second-order valence-corrected chi connectivity index (χ2v) is 7.21. The van der Waals surface area contributed by atoms with Gasteiger partial charge in [0.2, 0.25) is 5.91 Å². The Hall–Kier alpha value is -2.26. The van der Waals surface area contributed by atoms with Crippen molar-refractivity contribution in [2.75, 3.05) is 24.5 Å². The minimum absolute atomic E-state index is 0.0450. The maximum absolute atomic E-state index is 14.7. The molecule has 0 bridgehead atoms. The van der Waals surface area contributed by atoms with Crippen LogP contribution in [0.15, 0.2) is 12.1 Å². The number of hydrogen-bond acceptors (Lipinski definition) is 5. The molecule has 7 nitrogen and oxygen atoms in total. The fourth-order valence-corrected chi connectivity index (χ4v) is 4.56. The maximum Gasteiger partial charge on any atom is 0.414 e. The van der Waals surface area contributed by atoms with Crippen molar-refractivity contribution in [2.24, 2.45) is 11.8 Å². The van der Waals surface area contributed by atoms with Crippen molar-refractivity contribution in [1.82, 2.24) is 10.6 Å².